The number of aliphatic carboxylic acids is 1. The lowest BCUT2D eigenvalue weighted by Crippen LogP contribution is -2.38. The van der Waals surface area contributed by atoms with Crippen molar-refractivity contribution in [1.29, 1.82) is 5.26 Å². The smallest absolute Gasteiger partial charge is 0.475 e. The number of nitriles is 1. The Morgan fingerprint density at radius 1 is 1.19 bits per heavy atom. The van der Waals surface area contributed by atoms with E-state index < -0.39 is 12.1 Å². The number of amides is 1. The van der Waals surface area contributed by atoms with Crippen molar-refractivity contribution in [2.45, 2.75) is 71.5 Å². The molecule has 1 aromatic heterocycles. The predicted molar refractivity (Wildman–Crippen MR) is 133 cm³/mol. The van der Waals surface area contributed by atoms with Crippen LogP contribution in [0.3, 0.4) is 0 Å². The van der Waals surface area contributed by atoms with Gasteiger partial charge in [0.05, 0.1) is 17.3 Å². The molecule has 3 heterocycles. The molecule has 0 bridgehead atoms. The van der Waals surface area contributed by atoms with Crippen LogP contribution in [0.25, 0.3) is 0 Å². The summed E-state index contributed by atoms with van der Waals surface area (Å²) in [6.45, 7) is 5.98. The first-order chi connectivity index (χ1) is 17.0. The Balaban J connectivity index is 0.000000355. The summed E-state index contributed by atoms with van der Waals surface area (Å²) >= 11 is 1.36. The van der Waals surface area contributed by atoms with E-state index in [1.165, 1.54) is 49.9 Å². The van der Waals surface area contributed by atoms with Gasteiger partial charge in [-0.05, 0) is 6.08 Å². The van der Waals surface area contributed by atoms with Crippen molar-refractivity contribution in [3.8, 4) is 6.07 Å². The van der Waals surface area contributed by atoms with Crippen molar-refractivity contribution < 1.29 is 27.9 Å². The number of hydrogen-bond acceptors (Lipinski definition) is 8. The number of halogens is 3. The molecule has 1 saturated carbocycles. The molecule has 1 aromatic rings. The minimum Gasteiger partial charge on any atom is -0.475 e. The lowest BCUT2D eigenvalue weighted by Gasteiger charge is -2.25. The number of carboxylic acids is 1. The molecule has 0 aromatic carbocycles. The summed E-state index contributed by atoms with van der Waals surface area (Å²) in [5.74, 6) is -2.85. The van der Waals surface area contributed by atoms with E-state index in [0.29, 0.717) is 16.9 Å². The number of nitrogens with zero attached hydrogens (tertiary/aromatic N) is 4. The highest BCUT2D eigenvalue weighted by molar-refractivity contribution is 7.08. The van der Waals surface area contributed by atoms with E-state index in [1.807, 2.05) is 32.9 Å². The number of carbonyl (C=O) groups is 2. The summed E-state index contributed by atoms with van der Waals surface area (Å²) in [5, 5.41) is 27.9. The van der Waals surface area contributed by atoms with Crippen molar-refractivity contribution in [3.63, 3.8) is 0 Å². The zero-order valence-electron chi connectivity index (χ0n) is 20.4. The SMILES string of the molecule is C1CCCCC1.CC.CC1C=C(C(=O)Nc2cscc2C#N)N2N=C(N)N=CC12.O=C(O)C(F)(F)F. The second kappa shape index (κ2) is 14.9. The van der Waals surface area contributed by atoms with Gasteiger partial charge in [0.2, 0.25) is 5.96 Å². The van der Waals surface area contributed by atoms with Crippen LogP contribution < -0.4 is 11.1 Å². The molecule has 0 spiro atoms. The maximum Gasteiger partial charge on any atom is 0.490 e. The van der Waals surface area contributed by atoms with Crippen LogP contribution in [0.1, 0.15) is 64.9 Å². The van der Waals surface area contributed by atoms with Gasteiger partial charge in [-0.1, -0.05) is 59.3 Å². The van der Waals surface area contributed by atoms with E-state index in [9.17, 15) is 18.0 Å². The molecule has 13 heteroatoms. The van der Waals surface area contributed by atoms with E-state index in [2.05, 4.69) is 15.4 Å². The Morgan fingerprint density at radius 2 is 1.72 bits per heavy atom. The number of fused-ring (bicyclic) bond motifs is 1. The monoisotopic (exact) mass is 528 g/mol. The Kier molecular flexibility index (Phi) is 12.7. The minimum atomic E-state index is -5.08. The summed E-state index contributed by atoms with van der Waals surface area (Å²) in [6, 6.07) is 1.94. The molecular formula is C23H31F3N6O3S. The number of thiophene rings is 1. The Morgan fingerprint density at radius 3 is 2.19 bits per heavy atom. The zero-order valence-corrected chi connectivity index (χ0v) is 21.2. The number of nitrogens with two attached hydrogens (primary N) is 1. The highest BCUT2D eigenvalue weighted by Crippen LogP contribution is 2.30. The fraction of sp³-hybridized carbons (Fsp3) is 0.522. The number of guanidine groups is 1. The van der Waals surface area contributed by atoms with Crippen LogP contribution in [-0.4, -0.2) is 46.4 Å². The Hall–Kier alpha value is -3.40. The zero-order chi connectivity index (χ0) is 27.3. The molecule has 1 aliphatic carbocycles. The van der Waals surface area contributed by atoms with Gasteiger partial charge in [-0.25, -0.2) is 14.8 Å². The summed E-state index contributed by atoms with van der Waals surface area (Å²) in [6.07, 6.45) is 7.43. The van der Waals surface area contributed by atoms with Gasteiger partial charge in [-0.15, -0.1) is 16.4 Å². The third-order valence-electron chi connectivity index (χ3n) is 5.06. The van der Waals surface area contributed by atoms with E-state index in [-0.39, 0.29) is 23.8 Å². The van der Waals surface area contributed by atoms with Gasteiger partial charge in [0.15, 0.2) is 0 Å². The van der Waals surface area contributed by atoms with Crippen molar-refractivity contribution >= 4 is 41.1 Å². The van der Waals surface area contributed by atoms with Crippen molar-refractivity contribution in [2.24, 2.45) is 21.7 Å². The molecular weight excluding hydrogens is 497 g/mol. The van der Waals surface area contributed by atoms with Crippen LogP contribution in [-0.2, 0) is 9.59 Å². The number of hydrazone groups is 1. The maximum atomic E-state index is 12.4. The standard InChI is InChI=1S/C13H12N6OS.C6H12.C2HF3O2.C2H6/c1-7-2-10(19-11(7)4-16-13(15)18-19)12(20)17-9-6-21-5-8(9)3-14;1-2-4-6-5-3-1;3-2(4,5)1(6)7;1-2/h2,4-7,11H,1H3,(H2,15,18)(H,17,20);1-6H2;(H,6,7);1-2H3. The largest absolute Gasteiger partial charge is 0.490 e. The molecule has 3 aliphatic rings. The molecule has 2 unspecified atom stereocenters. The highest BCUT2D eigenvalue weighted by atomic mass is 32.1. The first kappa shape index (κ1) is 30.6. The number of alkyl halides is 3. The molecule has 2 aliphatic heterocycles. The number of anilines is 1. The van der Waals surface area contributed by atoms with Gasteiger partial charge in [0.1, 0.15) is 11.8 Å². The fourth-order valence-electron chi connectivity index (χ4n) is 3.32. The molecule has 198 valence electrons. The van der Waals surface area contributed by atoms with E-state index in [0.717, 1.165) is 0 Å². The van der Waals surface area contributed by atoms with Gasteiger partial charge in [-0.2, -0.15) is 18.4 Å². The van der Waals surface area contributed by atoms with Gasteiger partial charge in [-0.3, -0.25) is 4.79 Å². The van der Waals surface area contributed by atoms with Crippen LogP contribution in [0.2, 0.25) is 0 Å². The van der Waals surface area contributed by atoms with Crippen LogP contribution in [0.5, 0.6) is 0 Å². The molecule has 0 saturated heterocycles. The van der Waals surface area contributed by atoms with Crippen LogP contribution in [0.15, 0.2) is 32.6 Å². The molecule has 4 N–H and O–H groups in total. The first-order valence-corrected chi connectivity index (χ1v) is 12.5. The summed E-state index contributed by atoms with van der Waals surface area (Å²) in [5.41, 5.74) is 6.95. The van der Waals surface area contributed by atoms with E-state index in [1.54, 1.807) is 22.0 Å². The molecule has 9 nitrogen and oxygen atoms in total. The van der Waals surface area contributed by atoms with Crippen LogP contribution in [0.4, 0.5) is 18.9 Å². The third-order valence-corrected chi connectivity index (χ3v) is 5.81. The number of nitrogens with one attached hydrogen (secondary N) is 1. The molecule has 0 radical (unpaired) electrons. The highest BCUT2D eigenvalue weighted by Gasteiger charge is 2.38. The lowest BCUT2D eigenvalue weighted by molar-refractivity contribution is -0.192. The molecule has 1 amide bonds. The van der Waals surface area contributed by atoms with Gasteiger partial charge >= 0.3 is 12.1 Å². The van der Waals surface area contributed by atoms with Gasteiger partial charge in [0, 0.05) is 22.9 Å². The van der Waals surface area contributed by atoms with Crippen molar-refractivity contribution in [3.05, 3.63) is 28.1 Å². The van der Waals surface area contributed by atoms with Gasteiger partial charge in [0.25, 0.3) is 5.91 Å². The first-order valence-electron chi connectivity index (χ1n) is 11.5. The topological polar surface area (TPSA) is 144 Å². The molecule has 1 fully saturated rings. The number of aliphatic imine (C=N–C) groups is 1. The molecule has 4 rings (SSSR count). The second-order valence-corrected chi connectivity index (χ2v) is 8.42. The second-order valence-electron chi connectivity index (χ2n) is 7.67. The van der Waals surface area contributed by atoms with Crippen molar-refractivity contribution in [2.75, 3.05) is 5.32 Å². The fourth-order valence-corrected chi connectivity index (χ4v) is 4.03. The minimum absolute atomic E-state index is 0.101. The predicted octanol–water partition coefficient (Wildman–Crippen LogP) is 5.08. The van der Waals surface area contributed by atoms with Crippen LogP contribution >= 0.6 is 11.3 Å². The van der Waals surface area contributed by atoms with Crippen LogP contribution in [0, 0.1) is 17.2 Å². The molecule has 36 heavy (non-hydrogen) atoms. The van der Waals surface area contributed by atoms with Crippen molar-refractivity contribution in [1.82, 2.24) is 5.01 Å². The van der Waals surface area contributed by atoms with E-state index >= 15 is 0 Å². The molecule has 2 atom stereocenters. The average molecular weight is 529 g/mol. The van der Waals surface area contributed by atoms with E-state index in [4.69, 9.17) is 20.9 Å². The number of carboxylic acid groups (broad SMARTS) is 1. The Labute approximate surface area is 212 Å². The summed E-state index contributed by atoms with van der Waals surface area (Å²) < 4.78 is 31.7. The summed E-state index contributed by atoms with van der Waals surface area (Å²) in [7, 11) is 0. The number of rotatable bonds is 2. The summed E-state index contributed by atoms with van der Waals surface area (Å²) in [4.78, 5) is 25.3. The van der Waals surface area contributed by atoms with Gasteiger partial charge < -0.3 is 16.2 Å². The maximum absolute atomic E-state index is 12.4. The number of carbonyl (C=O) groups excluding carboxylic acids is 1. The quantitative estimate of drug-likeness (QED) is 0.488. The average Bonchev–Trinajstić information content (AvgIpc) is 3.45. The normalized spacial score (nSPS) is 19.9. The third kappa shape index (κ3) is 9.33. The number of hydrogen-bond donors (Lipinski definition) is 3. The lowest BCUT2D eigenvalue weighted by atomic mass is 10.0. The Bertz CT molecular complexity index is 998.